The van der Waals surface area contributed by atoms with Gasteiger partial charge in [0.1, 0.15) is 11.5 Å². The number of para-hydroxylation sites is 1. The molecule has 20 heavy (non-hydrogen) atoms. The Labute approximate surface area is 119 Å². The fourth-order valence-corrected chi connectivity index (χ4v) is 1.82. The molecule has 2 aromatic carbocycles. The van der Waals surface area contributed by atoms with Crippen molar-refractivity contribution in [3.05, 3.63) is 54.1 Å². The van der Waals surface area contributed by atoms with Crippen molar-refractivity contribution in [3.8, 4) is 11.5 Å². The first-order valence-corrected chi connectivity index (χ1v) is 6.32. The minimum absolute atomic E-state index is 0.737. The summed E-state index contributed by atoms with van der Waals surface area (Å²) in [5.41, 5.74) is 5.74. The Morgan fingerprint density at radius 1 is 1.00 bits per heavy atom. The van der Waals surface area contributed by atoms with Crippen molar-refractivity contribution in [1.82, 2.24) is 0 Å². The zero-order valence-corrected chi connectivity index (χ0v) is 11.9. The fraction of sp³-hybridized carbons (Fsp3) is 0.188. The zero-order chi connectivity index (χ0) is 14.4. The van der Waals surface area contributed by atoms with E-state index in [1.165, 1.54) is 0 Å². The van der Waals surface area contributed by atoms with Crippen molar-refractivity contribution in [1.29, 1.82) is 0 Å². The first kappa shape index (κ1) is 13.9. The number of hydrazone groups is 1. The molecule has 0 aliphatic heterocycles. The second kappa shape index (κ2) is 6.61. The van der Waals surface area contributed by atoms with Gasteiger partial charge in [-0.05, 0) is 31.2 Å². The number of anilines is 1. The van der Waals surface area contributed by atoms with Gasteiger partial charge in [0.05, 0.1) is 25.6 Å². The summed E-state index contributed by atoms with van der Waals surface area (Å²) < 4.78 is 10.6. The van der Waals surface area contributed by atoms with E-state index in [-0.39, 0.29) is 0 Å². The van der Waals surface area contributed by atoms with E-state index in [1.807, 2.05) is 55.5 Å². The van der Waals surface area contributed by atoms with Crippen LogP contribution in [0.25, 0.3) is 0 Å². The molecular weight excluding hydrogens is 252 g/mol. The summed E-state index contributed by atoms with van der Waals surface area (Å²) in [4.78, 5) is 0. The van der Waals surface area contributed by atoms with Crippen molar-refractivity contribution in [2.24, 2.45) is 5.10 Å². The molecule has 0 unspecified atom stereocenters. The summed E-state index contributed by atoms with van der Waals surface area (Å²) in [7, 11) is 3.27. The van der Waals surface area contributed by atoms with Crippen LogP contribution in [0.15, 0.2) is 53.6 Å². The van der Waals surface area contributed by atoms with E-state index >= 15 is 0 Å². The van der Waals surface area contributed by atoms with E-state index in [0.717, 1.165) is 28.5 Å². The van der Waals surface area contributed by atoms with Crippen LogP contribution in [0.2, 0.25) is 0 Å². The number of hydrogen-bond acceptors (Lipinski definition) is 4. The molecule has 0 heterocycles. The van der Waals surface area contributed by atoms with Crippen molar-refractivity contribution in [3.63, 3.8) is 0 Å². The molecule has 0 bridgehead atoms. The lowest BCUT2D eigenvalue weighted by Gasteiger charge is -2.10. The van der Waals surface area contributed by atoms with Gasteiger partial charge in [0.25, 0.3) is 0 Å². The van der Waals surface area contributed by atoms with Crippen LogP contribution >= 0.6 is 0 Å². The molecule has 0 spiro atoms. The SMILES string of the molecule is COc1ccc(C(C)=NNc2ccccc2)c(OC)c1. The molecule has 0 amide bonds. The number of nitrogens with one attached hydrogen (secondary N) is 1. The van der Waals surface area contributed by atoms with E-state index in [0.29, 0.717) is 0 Å². The van der Waals surface area contributed by atoms with Gasteiger partial charge in [-0.1, -0.05) is 18.2 Å². The Hall–Kier alpha value is -2.49. The van der Waals surface area contributed by atoms with E-state index in [9.17, 15) is 0 Å². The molecule has 0 saturated carbocycles. The van der Waals surface area contributed by atoms with Gasteiger partial charge in [-0.3, -0.25) is 5.43 Å². The van der Waals surface area contributed by atoms with Crippen LogP contribution in [0, 0.1) is 0 Å². The highest BCUT2D eigenvalue weighted by molar-refractivity contribution is 6.01. The highest BCUT2D eigenvalue weighted by Crippen LogP contribution is 2.25. The van der Waals surface area contributed by atoms with E-state index < -0.39 is 0 Å². The molecule has 0 saturated heterocycles. The Morgan fingerprint density at radius 2 is 1.75 bits per heavy atom. The van der Waals surface area contributed by atoms with Crippen molar-refractivity contribution in [2.45, 2.75) is 6.92 Å². The number of nitrogens with zero attached hydrogens (tertiary/aromatic N) is 1. The highest BCUT2D eigenvalue weighted by Gasteiger charge is 2.07. The van der Waals surface area contributed by atoms with Crippen molar-refractivity contribution in [2.75, 3.05) is 19.6 Å². The first-order valence-electron chi connectivity index (χ1n) is 6.32. The topological polar surface area (TPSA) is 42.8 Å². The summed E-state index contributed by atoms with van der Waals surface area (Å²) in [6, 6.07) is 15.5. The summed E-state index contributed by atoms with van der Waals surface area (Å²) in [5, 5.41) is 4.37. The molecule has 0 aliphatic carbocycles. The van der Waals surface area contributed by atoms with Crippen LogP contribution in [0.1, 0.15) is 12.5 Å². The van der Waals surface area contributed by atoms with Gasteiger partial charge in [-0.25, -0.2) is 0 Å². The van der Waals surface area contributed by atoms with Gasteiger partial charge in [-0.15, -0.1) is 0 Å². The smallest absolute Gasteiger partial charge is 0.131 e. The largest absolute Gasteiger partial charge is 0.497 e. The predicted molar refractivity (Wildman–Crippen MR) is 81.8 cm³/mol. The second-order valence-electron chi connectivity index (χ2n) is 4.24. The van der Waals surface area contributed by atoms with Crippen molar-refractivity contribution >= 4 is 11.4 Å². The highest BCUT2D eigenvalue weighted by atomic mass is 16.5. The lowest BCUT2D eigenvalue weighted by molar-refractivity contribution is 0.394. The summed E-state index contributed by atoms with van der Waals surface area (Å²) in [5.74, 6) is 1.50. The van der Waals surface area contributed by atoms with Crippen LogP contribution in [-0.4, -0.2) is 19.9 Å². The van der Waals surface area contributed by atoms with E-state index in [1.54, 1.807) is 14.2 Å². The van der Waals surface area contributed by atoms with Crippen LogP contribution < -0.4 is 14.9 Å². The Bertz CT molecular complexity index is 595. The van der Waals surface area contributed by atoms with Gasteiger partial charge >= 0.3 is 0 Å². The summed E-state index contributed by atoms with van der Waals surface area (Å²) >= 11 is 0. The van der Waals surface area contributed by atoms with Crippen LogP contribution in [0.5, 0.6) is 11.5 Å². The molecule has 2 aromatic rings. The second-order valence-corrected chi connectivity index (χ2v) is 4.24. The van der Waals surface area contributed by atoms with Gasteiger partial charge in [0.2, 0.25) is 0 Å². The number of hydrogen-bond donors (Lipinski definition) is 1. The Kier molecular flexibility index (Phi) is 4.60. The monoisotopic (exact) mass is 270 g/mol. The van der Waals surface area contributed by atoms with Crippen LogP contribution in [0.4, 0.5) is 5.69 Å². The molecular formula is C16H18N2O2. The third-order valence-corrected chi connectivity index (χ3v) is 2.92. The average Bonchev–Trinajstić information content (AvgIpc) is 2.52. The molecule has 0 fully saturated rings. The first-order chi connectivity index (χ1) is 9.74. The number of benzene rings is 2. The molecule has 0 radical (unpaired) electrons. The molecule has 4 nitrogen and oxygen atoms in total. The molecule has 104 valence electrons. The van der Waals surface area contributed by atoms with Gasteiger partial charge < -0.3 is 9.47 Å². The quantitative estimate of drug-likeness (QED) is 0.667. The fourth-order valence-electron chi connectivity index (χ4n) is 1.82. The Balaban J connectivity index is 2.22. The Morgan fingerprint density at radius 3 is 2.40 bits per heavy atom. The number of rotatable bonds is 5. The van der Waals surface area contributed by atoms with E-state index in [4.69, 9.17) is 9.47 Å². The maximum absolute atomic E-state index is 5.37. The van der Waals surface area contributed by atoms with Gasteiger partial charge in [-0.2, -0.15) is 5.10 Å². The third-order valence-electron chi connectivity index (χ3n) is 2.92. The summed E-state index contributed by atoms with van der Waals surface area (Å²) in [6.07, 6.45) is 0. The molecule has 2 rings (SSSR count). The molecule has 0 aromatic heterocycles. The maximum Gasteiger partial charge on any atom is 0.131 e. The van der Waals surface area contributed by atoms with Gasteiger partial charge in [0, 0.05) is 11.6 Å². The average molecular weight is 270 g/mol. The molecule has 4 heteroatoms. The van der Waals surface area contributed by atoms with Gasteiger partial charge in [0.15, 0.2) is 0 Å². The number of ether oxygens (including phenoxy) is 2. The minimum atomic E-state index is 0.737. The van der Waals surface area contributed by atoms with E-state index in [2.05, 4.69) is 10.5 Å². The minimum Gasteiger partial charge on any atom is -0.497 e. The lowest BCUT2D eigenvalue weighted by atomic mass is 10.1. The van der Waals surface area contributed by atoms with Crippen LogP contribution in [0.3, 0.4) is 0 Å². The third kappa shape index (κ3) is 3.29. The zero-order valence-electron chi connectivity index (χ0n) is 11.9. The molecule has 0 aliphatic rings. The maximum atomic E-state index is 5.37. The molecule has 0 atom stereocenters. The predicted octanol–water partition coefficient (Wildman–Crippen LogP) is 3.54. The van der Waals surface area contributed by atoms with Crippen molar-refractivity contribution < 1.29 is 9.47 Å². The lowest BCUT2D eigenvalue weighted by Crippen LogP contribution is -2.02. The van der Waals surface area contributed by atoms with Crippen LogP contribution in [-0.2, 0) is 0 Å². The normalized spacial score (nSPS) is 11.1. The standard InChI is InChI=1S/C16H18N2O2/c1-12(17-18-13-7-5-4-6-8-13)15-10-9-14(19-2)11-16(15)20-3/h4-11,18H,1-3H3. The molecule has 1 N–H and O–H groups in total. The summed E-state index contributed by atoms with van der Waals surface area (Å²) in [6.45, 7) is 1.93. The number of methoxy groups -OCH3 is 2.